The van der Waals surface area contributed by atoms with Crippen LogP contribution in [0.5, 0.6) is 11.5 Å². The van der Waals surface area contributed by atoms with Crippen LogP contribution in [-0.2, 0) is 4.79 Å². The molecule has 1 aromatic rings. The summed E-state index contributed by atoms with van der Waals surface area (Å²) in [7, 11) is 1.65. The first-order valence-corrected chi connectivity index (χ1v) is 11.9. The molecule has 1 N–H and O–H groups in total. The van der Waals surface area contributed by atoms with Gasteiger partial charge in [-0.05, 0) is 38.8 Å². The maximum absolute atomic E-state index is 12.7. The molecular formula is C24H39N5O3. The summed E-state index contributed by atoms with van der Waals surface area (Å²) in [6, 6.07) is 7.62. The van der Waals surface area contributed by atoms with E-state index in [0.29, 0.717) is 13.2 Å². The van der Waals surface area contributed by atoms with Crippen LogP contribution in [0.1, 0.15) is 33.1 Å². The Bertz CT molecular complexity index is 743. The van der Waals surface area contributed by atoms with Crippen LogP contribution in [0.3, 0.4) is 0 Å². The number of carbonyl (C=O) groups excluding carboxylic acids is 1. The van der Waals surface area contributed by atoms with E-state index < -0.39 is 0 Å². The van der Waals surface area contributed by atoms with Crippen molar-refractivity contribution in [3.63, 3.8) is 0 Å². The highest BCUT2D eigenvalue weighted by atomic mass is 16.5. The van der Waals surface area contributed by atoms with Crippen molar-refractivity contribution >= 4 is 11.9 Å². The average Bonchev–Trinajstić information content (AvgIpc) is 3.37. The normalized spacial score (nSPS) is 18.5. The third kappa shape index (κ3) is 6.76. The minimum Gasteiger partial charge on any atom is -0.497 e. The van der Waals surface area contributed by atoms with Gasteiger partial charge in [0.15, 0.2) is 5.96 Å². The fraction of sp³-hybridized carbons (Fsp3) is 0.667. The van der Waals surface area contributed by atoms with Crippen molar-refractivity contribution in [2.24, 2.45) is 4.99 Å². The summed E-state index contributed by atoms with van der Waals surface area (Å²) < 4.78 is 11.0. The van der Waals surface area contributed by atoms with Gasteiger partial charge in [0.05, 0.1) is 19.8 Å². The Morgan fingerprint density at radius 2 is 1.81 bits per heavy atom. The molecule has 0 aromatic heterocycles. The Morgan fingerprint density at radius 1 is 1.09 bits per heavy atom. The van der Waals surface area contributed by atoms with Crippen LogP contribution in [0.2, 0.25) is 0 Å². The van der Waals surface area contributed by atoms with E-state index in [2.05, 4.69) is 29.0 Å². The Morgan fingerprint density at radius 3 is 2.50 bits per heavy atom. The van der Waals surface area contributed by atoms with Crippen molar-refractivity contribution in [1.82, 2.24) is 20.0 Å². The van der Waals surface area contributed by atoms with Crippen LogP contribution >= 0.6 is 0 Å². The zero-order valence-electron chi connectivity index (χ0n) is 19.9. The highest BCUT2D eigenvalue weighted by Crippen LogP contribution is 2.19. The van der Waals surface area contributed by atoms with Crippen LogP contribution in [0, 0.1) is 0 Å². The Hall–Kier alpha value is -2.48. The molecule has 178 valence electrons. The maximum atomic E-state index is 12.7. The molecule has 1 atom stereocenters. The SMILES string of the molecule is CCNC(=NCCCOc1cccc(OC)c1)N1CCN(C(C)C(=O)N2CCCC2)CC1. The molecule has 0 spiro atoms. The number of hydrogen-bond donors (Lipinski definition) is 1. The smallest absolute Gasteiger partial charge is 0.239 e. The van der Waals surface area contributed by atoms with E-state index in [1.807, 2.05) is 29.2 Å². The average molecular weight is 446 g/mol. The Labute approximate surface area is 192 Å². The van der Waals surface area contributed by atoms with Crippen LogP contribution < -0.4 is 14.8 Å². The van der Waals surface area contributed by atoms with Crippen LogP contribution in [-0.4, -0.2) is 98.7 Å². The number of methoxy groups -OCH3 is 1. The summed E-state index contributed by atoms with van der Waals surface area (Å²) in [4.78, 5) is 24.2. The van der Waals surface area contributed by atoms with E-state index >= 15 is 0 Å². The summed E-state index contributed by atoms with van der Waals surface area (Å²) in [5.41, 5.74) is 0. The van der Waals surface area contributed by atoms with Gasteiger partial charge in [0.1, 0.15) is 11.5 Å². The molecule has 0 bridgehead atoms. The highest BCUT2D eigenvalue weighted by molar-refractivity contribution is 5.82. The van der Waals surface area contributed by atoms with Gasteiger partial charge in [-0.2, -0.15) is 0 Å². The first-order valence-electron chi connectivity index (χ1n) is 11.9. The fourth-order valence-electron chi connectivity index (χ4n) is 4.24. The second-order valence-corrected chi connectivity index (χ2v) is 8.35. The van der Waals surface area contributed by atoms with Crippen molar-refractivity contribution in [2.75, 3.05) is 66.1 Å². The monoisotopic (exact) mass is 445 g/mol. The largest absolute Gasteiger partial charge is 0.497 e. The molecular weight excluding hydrogens is 406 g/mol. The zero-order valence-corrected chi connectivity index (χ0v) is 19.9. The standard InChI is InChI=1S/C24H39N5O3/c1-4-25-24(26-11-8-18-32-22-10-7-9-21(19-22)31-3)29-16-14-27(15-17-29)20(2)23(30)28-12-5-6-13-28/h7,9-10,19-20H,4-6,8,11-18H2,1-3H3,(H,25,26). The second-order valence-electron chi connectivity index (χ2n) is 8.35. The molecule has 8 heteroatoms. The van der Waals surface area contributed by atoms with Gasteiger partial charge in [-0.15, -0.1) is 0 Å². The van der Waals surface area contributed by atoms with Crippen molar-refractivity contribution in [2.45, 2.75) is 39.2 Å². The number of ether oxygens (including phenoxy) is 2. The molecule has 8 nitrogen and oxygen atoms in total. The van der Waals surface area contributed by atoms with E-state index in [1.54, 1.807) is 7.11 Å². The topological polar surface area (TPSA) is 69.6 Å². The summed E-state index contributed by atoms with van der Waals surface area (Å²) in [5.74, 6) is 2.85. The first kappa shape index (κ1) is 24.2. The van der Waals surface area contributed by atoms with E-state index in [1.165, 1.54) is 0 Å². The third-order valence-corrected chi connectivity index (χ3v) is 6.15. The fourth-order valence-corrected chi connectivity index (χ4v) is 4.24. The molecule has 1 amide bonds. The minimum absolute atomic E-state index is 0.0384. The maximum Gasteiger partial charge on any atom is 0.239 e. The van der Waals surface area contributed by atoms with Gasteiger partial charge in [-0.1, -0.05) is 6.07 Å². The van der Waals surface area contributed by atoms with Gasteiger partial charge in [0.2, 0.25) is 5.91 Å². The summed E-state index contributed by atoms with van der Waals surface area (Å²) >= 11 is 0. The predicted molar refractivity (Wildman–Crippen MR) is 128 cm³/mol. The molecule has 3 rings (SSSR count). The van der Waals surface area contributed by atoms with E-state index in [-0.39, 0.29) is 11.9 Å². The van der Waals surface area contributed by atoms with E-state index in [9.17, 15) is 4.79 Å². The molecule has 1 unspecified atom stereocenters. The van der Waals surface area contributed by atoms with Crippen molar-refractivity contribution in [3.05, 3.63) is 24.3 Å². The molecule has 0 saturated carbocycles. The molecule has 2 aliphatic rings. The quantitative estimate of drug-likeness (QED) is 0.357. The lowest BCUT2D eigenvalue weighted by molar-refractivity contribution is -0.135. The molecule has 32 heavy (non-hydrogen) atoms. The number of likely N-dealkylation sites (tertiary alicyclic amines) is 1. The van der Waals surface area contributed by atoms with Gasteiger partial charge in [0.25, 0.3) is 0 Å². The van der Waals surface area contributed by atoms with Crippen molar-refractivity contribution < 1.29 is 14.3 Å². The number of amides is 1. The van der Waals surface area contributed by atoms with Gasteiger partial charge in [-0.25, -0.2) is 0 Å². The Kier molecular flexibility index (Phi) is 9.46. The molecule has 2 heterocycles. The van der Waals surface area contributed by atoms with E-state index in [4.69, 9.17) is 14.5 Å². The Balaban J connectivity index is 1.42. The second kappa shape index (κ2) is 12.5. The molecule has 2 fully saturated rings. The highest BCUT2D eigenvalue weighted by Gasteiger charge is 2.30. The molecule has 0 aliphatic carbocycles. The third-order valence-electron chi connectivity index (χ3n) is 6.15. The first-order chi connectivity index (χ1) is 15.6. The summed E-state index contributed by atoms with van der Waals surface area (Å²) in [6.45, 7) is 11.7. The van der Waals surface area contributed by atoms with Crippen LogP contribution in [0.15, 0.2) is 29.3 Å². The number of guanidine groups is 1. The van der Waals surface area contributed by atoms with Gasteiger partial charge in [-0.3, -0.25) is 14.7 Å². The molecule has 0 radical (unpaired) electrons. The van der Waals surface area contributed by atoms with Crippen LogP contribution in [0.4, 0.5) is 0 Å². The lowest BCUT2D eigenvalue weighted by Gasteiger charge is -2.39. The predicted octanol–water partition coefficient (Wildman–Crippen LogP) is 2.06. The number of hydrogen-bond acceptors (Lipinski definition) is 5. The van der Waals surface area contributed by atoms with E-state index in [0.717, 1.165) is 82.5 Å². The van der Waals surface area contributed by atoms with Crippen LogP contribution in [0.25, 0.3) is 0 Å². The van der Waals surface area contributed by atoms with Gasteiger partial charge < -0.3 is 24.6 Å². The number of benzene rings is 1. The molecule has 2 aliphatic heterocycles. The number of rotatable bonds is 9. The van der Waals surface area contributed by atoms with Crippen molar-refractivity contribution in [1.29, 1.82) is 0 Å². The lowest BCUT2D eigenvalue weighted by Crippen LogP contribution is -2.57. The molecule has 2 saturated heterocycles. The van der Waals surface area contributed by atoms with Crippen molar-refractivity contribution in [3.8, 4) is 11.5 Å². The molecule has 1 aromatic carbocycles. The zero-order chi connectivity index (χ0) is 22.8. The van der Waals surface area contributed by atoms with Gasteiger partial charge >= 0.3 is 0 Å². The number of carbonyl (C=O) groups is 1. The summed E-state index contributed by atoms with van der Waals surface area (Å²) in [6.07, 6.45) is 3.12. The summed E-state index contributed by atoms with van der Waals surface area (Å²) in [5, 5.41) is 3.41. The van der Waals surface area contributed by atoms with Gasteiger partial charge in [0, 0.05) is 64.8 Å². The number of nitrogens with zero attached hydrogens (tertiary/aromatic N) is 4. The lowest BCUT2D eigenvalue weighted by atomic mass is 10.2. The number of aliphatic imine (C=N–C) groups is 1. The number of piperazine rings is 1. The number of nitrogens with one attached hydrogen (secondary N) is 1. The minimum atomic E-state index is -0.0384.